The minimum absolute atomic E-state index is 0.0527. The van der Waals surface area contributed by atoms with E-state index in [0.29, 0.717) is 44.2 Å². The van der Waals surface area contributed by atoms with Crippen LogP contribution in [0.1, 0.15) is 34.5 Å². The summed E-state index contributed by atoms with van der Waals surface area (Å²) in [5.74, 6) is 0.689. The highest BCUT2D eigenvalue weighted by Crippen LogP contribution is 2.24. The Labute approximate surface area is 177 Å². The SMILES string of the molecule is Cn1cc(C(=O)N2CCOCC2)c(CC2CCN(C(=O)Cc3ccccc3)CC2)n1. The first-order valence-corrected chi connectivity index (χ1v) is 10.8. The van der Waals surface area contributed by atoms with E-state index in [1.54, 1.807) is 4.68 Å². The van der Waals surface area contributed by atoms with Gasteiger partial charge in [0.2, 0.25) is 5.91 Å². The second-order valence-corrected chi connectivity index (χ2v) is 8.26. The largest absolute Gasteiger partial charge is 0.378 e. The molecule has 0 radical (unpaired) electrons. The van der Waals surface area contributed by atoms with Gasteiger partial charge >= 0.3 is 0 Å². The molecule has 1 aromatic heterocycles. The fourth-order valence-electron chi connectivity index (χ4n) is 4.34. The number of morpholine rings is 1. The van der Waals surface area contributed by atoms with Crippen molar-refractivity contribution in [2.45, 2.75) is 25.7 Å². The molecule has 0 N–H and O–H groups in total. The van der Waals surface area contributed by atoms with E-state index in [0.717, 1.165) is 43.6 Å². The average molecular weight is 411 g/mol. The number of nitrogens with zero attached hydrogens (tertiary/aromatic N) is 4. The second kappa shape index (κ2) is 9.43. The van der Waals surface area contributed by atoms with E-state index in [2.05, 4.69) is 5.10 Å². The van der Waals surface area contributed by atoms with Gasteiger partial charge in [0.1, 0.15) is 0 Å². The van der Waals surface area contributed by atoms with E-state index in [1.165, 1.54) is 0 Å². The van der Waals surface area contributed by atoms with Gasteiger partial charge in [-0.3, -0.25) is 14.3 Å². The molecule has 2 saturated heterocycles. The smallest absolute Gasteiger partial charge is 0.257 e. The van der Waals surface area contributed by atoms with E-state index in [1.807, 2.05) is 53.4 Å². The van der Waals surface area contributed by atoms with Crippen LogP contribution in [0.3, 0.4) is 0 Å². The lowest BCUT2D eigenvalue weighted by Gasteiger charge is -2.32. The zero-order valence-corrected chi connectivity index (χ0v) is 17.6. The number of benzene rings is 1. The number of hydrogen-bond donors (Lipinski definition) is 0. The van der Waals surface area contributed by atoms with Crippen LogP contribution in [-0.4, -0.2) is 70.8 Å². The molecule has 7 nitrogen and oxygen atoms in total. The van der Waals surface area contributed by atoms with Crippen molar-refractivity contribution in [1.82, 2.24) is 19.6 Å². The molecule has 2 aliphatic rings. The van der Waals surface area contributed by atoms with Crippen LogP contribution in [0.4, 0.5) is 0 Å². The van der Waals surface area contributed by atoms with Crippen molar-refractivity contribution in [3.05, 3.63) is 53.3 Å². The molecule has 1 aromatic carbocycles. The fraction of sp³-hybridized carbons (Fsp3) is 0.522. The van der Waals surface area contributed by atoms with Crippen LogP contribution in [0.15, 0.2) is 36.5 Å². The Bertz CT molecular complexity index is 866. The normalized spacial score (nSPS) is 17.9. The lowest BCUT2D eigenvalue weighted by molar-refractivity contribution is -0.131. The summed E-state index contributed by atoms with van der Waals surface area (Å²) < 4.78 is 7.10. The summed E-state index contributed by atoms with van der Waals surface area (Å²) in [7, 11) is 1.87. The molecular weight excluding hydrogens is 380 g/mol. The molecule has 2 aliphatic heterocycles. The molecule has 2 aromatic rings. The molecule has 0 saturated carbocycles. The predicted molar refractivity (Wildman–Crippen MR) is 113 cm³/mol. The van der Waals surface area contributed by atoms with Gasteiger partial charge in [0, 0.05) is 39.4 Å². The molecule has 0 atom stereocenters. The topological polar surface area (TPSA) is 67.7 Å². The summed E-state index contributed by atoms with van der Waals surface area (Å²) in [5, 5.41) is 4.59. The molecule has 2 amide bonds. The van der Waals surface area contributed by atoms with Crippen molar-refractivity contribution in [2.75, 3.05) is 39.4 Å². The number of aryl methyl sites for hydroxylation is 1. The highest BCUT2D eigenvalue weighted by molar-refractivity contribution is 5.95. The first-order chi connectivity index (χ1) is 14.6. The Morgan fingerprint density at radius 3 is 2.43 bits per heavy atom. The third-order valence-electron chi connectivity index (χ3n) is 6.08. The first-order valence-electron chi connectivity index (χ1n) is 10.8. The zero-order chi connectivity index (χ0) is 20.9. The summed E-state index contributed by atoms with van der Waals surface area (Å²) in [6.45, 7) is 4.00. The highest BCUT2D eigenvalue weighted by atomic mass is 16.5. The maximum atomic E-state index is 13.0. The summed E-state index contributed by atoms with van der Waals surface area (Å²) in [6.07, 6.45) is 4.98. The first kappa shape index (κ1) is 20.6. The Balaban J connectivity index is 1.33. The van der Waals surface area contributed by atoms with Crippen LogP contribution < -0.4 is 0 Å². The van der Waals surface area contributed by atoms with Gasteiger partial charge < -0.3 is 14.5 Å². The van der Waals surface area contributed by atoms with Crippen molar-refractivity contribution < 1.29 is 14.3 Å². The minimum Gasteiger partial charge on any atom is -0.378 e. The van der Waals surface area contributed by atoms with E-state index in [4.69, 9.17) is 4.74 Å². The number of carbonyl (C=O) groups excluding carboxylic acids is 2. The maximum absolute atomic E-state index is 13.0. The van der Waals surface area contributed by atoms with Crippen LogP contribution in [0.5, 0.6) is 0 Å². The third kappa shape index (κ3) is 4.90. The lowest BCUT2D eigenvalue weighted by Crippen LogP contribution is -2.41. The number of piperidine rings is 1. The number of aromatic nitrogens is 2. The Kier molecular flexibility index (Phi) is 6.47. The summed E-state index contributed by atoms with van der Waals surface area (Å²) in [5.41, 5.74) is 2.65. The van der Waals surface area contributed by atoms with Crippen molar-refractivity contribution in [3.63, 3.8) is 0 Å². The van der Waals surface area contributed by atoms with Gasteiger partial charge in [0.05, 0.1) is 30.9 Å². The highest BCUT2D eigenvalue weighted by Gasteiger charge is 2.27. The third-order valence-corrected chi connectivity index (χ3v) is 6.08. The van der Waals surface area contributed by atoms with Gasteiger partial charge in [-0.25, -0.2) is 0 Å². The number of hydrogen-bond acceptors (Lipinski definition) is 4. The van der Waals surface area contributed by atoms with E-state index >= 15 is 0 Å². The van der Waals surface area contributed by atoms with Gasteiger partial charge in [0.25, 0.3) is 5.91 Å². The number of amides is 2. The minimum atomic E-state index is 0.0527. The molecule has 30 heavy (non-hydrogen) atoms. The number of likely N-dealkylation sites (tertiary alicyclic amines) is 1. The molecule has 0 bridgehead atoms. The molecule has 3 heterocycles. The van der Waals surface area contributed by atoms with Crippen LogP contribution >= 0.6 is 0 Å². The van der Waals surface area contributed by atoms with Crippen LogP contribution in [0.25, 0.3) is 0 Å². The molecule has 0 aliphatic carbocycles. The Morgan fingerprint density at radius 2 is 1.73 bits per heavy atom. The van der Waals surface area contributed by atoms with Crippen LogP contribution in [0.2, 0.25) is 0 Å². The summed E-state index contributed by atoms with van der Waals surface area (Å²) >= 11 is 0. The van der Waals surface area contributed by atoms with Crippen molar-refractivity contribution in [1.29, 1.82) is 0 Å². The maximum Gasteiger partial charge on any atom is 0.257 e. The molecule has 0 unspecified atom stereocenters. The zero-order valence-electron chi connectivity index (χ0n) is 17.6. The van der Waals surface area contributed by atoms with Gasteiger partial charge in [-0.1, -0.05) is 30.3 Å². The number of rotatable bonds is 5. The molecule has 160 valence electrons. The van der Waals surface area contributed by atoms with E-state index in [-0.39, 0.29) is 11.8 Å². The molecule has 7 heteroatoms. The van der Waals surface area contributed by atoms with Crippen molar-refractivity contribution in [2.24, 2.45) is 13.0 Å². The Hall–Kier alpha value is -2.67. The molecule has 4 rings (SSSR count). The average Bonchev–Trinajstić information content (AvgIpc) is 3.15. The van der Waals surface area contributed by atoms with Crippen LogP contribution in [-0.2, 0) is 29.4 Å². The van der Waals surface area contributed by atoms with Gasteiger partial charge in [-0.2, -0.15) is 5.10 Å². The van der Waals surface area contributed by atoms with Gasteiger partial charge in [0.15, 0.2) is 0 Å². The van der Waals surface area contributed by atoms with Crippen molar-refractivity contribution >= 4 is 11.8 Å². The second-order valence-electron chi connectivity index (χ2n) is 8.26. The number of carbonyl (C=O) groups is 2. The lowest BCUT2D eigenvalue weighted by atomic mass is 9.90. The molecule has 2 fully saturated rings. The van der Waals surface area contributed by atoms with Gasteiger partial charge in [-0.05, 0) is 30.7 Å². The summed E-state index contributed by atoms with van der Waals surface area (Å²) in [6, 6.07) is 9.90. The fourth-order valence-corrected chi connectivity index (χ4v) is 4.34. The Morgan fingerprint density at radius 1 is 1.03 bits per heavy atom. The van der Waals surface area contributed by atoms with Crippen molar-refractivity contribution in [3.8, 4) is 0 Å². The monoisotopic (exact) mass is 410 g/mol. The van der Waals surface area contributed by atoms with E-state index < -0.39 is 0 Å². The standard InChI is InChI=1S/C23H30N4O3/c1-25-17-20(23(29)27-11-13-30-14-12-27)21(24-25)15-19-7-9-26(10-8-19)22(28)16-18-5-3-2-4-6-18/h2-6,17,19H,7-16H2,1H3. The molecular formula is C23H30N4O3. The predicted octanol–water partition coefficient (Wildman–Crippen LogP) is 1.92. The van der Waals surface area contributed by atoms with E-state index in [9.17, 15) is 9.59 Å². The van der Waals surface area contributed by atoms with Crippen LogP contribution in [0, 0.1) is 5.92 Å². The summed E-state index contributed by atoms with van der Waals surface area (Å²) in [4.78, 5) is 29.4. The number of ether oxygens (including phenoxy) is 1. The van der Waals surface area contributed by atoms with Gasteiger partial charge in [-0.15, -0.1) is 0 Å². The quantitative estimate of drug-likeness (QED) is 0.755. The molecule has 0 spiro atoms.